The molecule has 0 aromatic heterocycles. The molecule has 0 amide bonds. The minimum Gasteiger partial charge on any atom is -0.457 e. The Hall–Kier alpha value is -2.16. The zero-order valence-corrected chi connectivity index (χ0v) is 8.47. The van der Waals surface area contributed by atoms with Gasteiger partial charge in [0.05, 0.1) is 0 Å². The van der Waals surface area contributed by atoms with Crippen LogP contribution < -0.4 is 14.2 Å². The number of ether oxygens (including phenoxy) is 3. The third-order valence-corrected chi connectivity index (χ3v) is 2.27. The number of hydrogen-bond donors (Lipinski definition) is 0. The molecule has 3 rings (SSSR count). The minimum absolute atomic E-state index is 0.277. The van der Waals surface area contributed by atoms with Crippen molar-refractivity contribution in [3.8, 4) is 23.0 Å². The smallest absolute Gasteiger partial charge is 0.231 e. The minimum atomic E-state index is 0.277. The molecule has 3 heteroatoms. The fourth-order valence-corrected chi connectivity index (χ4v) is 1.52. The Kier molecular flexibility index (Phi) is 2.14. The molecule has 0 aliphatic carbocycles. The van der Waals surface area contributed by atoms with E-state index in [0.29, 0.717) is 0 Å². The summed E-state index contributed by atoms with van der Waals surface area (Å²) < 4.78 is 16.1. The lowest BCUT2D eigenvalue weighted by Gasteiger charge is -2.05. The second-order valence-electron chi connectivity index (χ2n) is 3.35. The van der Waals surface area contributed by atoms with E-state index in [-0.39, 0.29) is 6.79 Å². The molecule has 1 aliphatic rings. The zero-order chi connectivity index (χ0) is 10.8. The average Bonchev–Trinajstić information content (AvgIpc) is 2.77. The molecule has 1 radical (unpaired) electrons. The first-order valence-corrected chi connectivity index (χ1v) is 4.95. The number of benzene rings is 2. The molecule has 0 spiro atoms. The molecule has 0 atom stereocenters. The highest BCUT2D eigenvalue weighted by Crippen LogP contribution is 2.36. The molecule has 0 unspecified atom stereocenters. The van der Waals surface area contributed by atoms with Gasteiger partial charge in [-0.15, -0.1) is 0 Å². The van der Waals surface area contributed by atoms with E-state index in [0.717, 1.165) is 23.0 Å². The maximum absolute atomic E-state index is 5.65. The summed E-state index contributed by atoms with van der Waals surface area (Å²) in [6.07, 6.45) is 0. The van der Waals surface area contributed by atoms with E-state index in [2.05, 4.69) is 6.07 Å². The summed E-state index contributed by atoms with van der Waals surface area (Å²) in [4.78, 5) is 0. The van der Waals surface area contributed by atoms with Crippen LogP contribution in [0.3, 0.4) is 0 Å². The Bertz CT molecular complexity index is 494. The average molecular weight is 213 g/mol. The molecule has 1 heterocycles. The van der Waals surface area contributed by atoms with Crippen LogP contribution in [0.15, 0.2) is 42.5 Å². The molecular weight excluding hydrogens is 204 g/mol. The number of fused-ring (bicyclic) bond motifs is 1. The van der Waals surface area contributed by atoms with Crippen LogP contribution in [-0.4, -0.2) is 6.79 Å². The Labute approximate surface area is 93.2 Å². The highest BCUT2D eigenvalue weighted by atomic mass is 16.7. The molecule has 16 heavy (non-hydrogen) atoms. The van der Waals surface area contributed by atoms with Crippen molar-refractivity contribution in [2.45, 2.75) is 0 Å². The van der Waals surface area contributed by atoms with Crippen LogP contribution in [-0.2, 0) is 0 Å². The van der Waals surface area contributed by atoms with Gasteiger partial charge in [-0.25, -0.2) is 0 Å². The zero-order valence-electron chi connectivity index (χ0n) is 8.47. The van der Waals surface area contributed by atoms with E-state index in [1.165, 1.54) is 0 Å². The summed E-state index contributed by atoms with van der Waals surface area (Å²) in [5, 5.41) is 0. The molecule has 0 N–H and O–H groups in total. The third kappa shape index (κ3) is 1.67. The first kappa shape index (κ1) is 9.09. The number of hydrogen-bond acceptors (Lipinski definition) is 3. The molecule has 79 valence electrons. The molecule has 0 bridgehead atoms. The monoisotopic (exact) mass is 213 g/mol. The van der Waals surface area contributed by atoms with Crippen LogP contribution in [0.1, 0.15) is 0 Å². The largest absolute Gasteiger partial charge is 0.457 e. The summed E-state index contributed by atoms with van der Waals surface area (Å²) in [5.41, 5.74) is 0. The van der Waals surface area contributed by atoms with Crippen molar-refractivity contribution in [3.63, 3.8) is 0 Å². The van der Waals surface area contributed by atoms with E-state index in [1.54, 1.807) is 0 Å². The van der Waals surface area contributed by atoms with E-state index < -0.39 is 0 Å². The summed E-state index contributed by atoms with van der Waals surface area (Å²) in [7, 11) is 0. The Morgan fingerprint density at radius 3 is 2.62 bits per heavy atom. The molecular formula is C13H9O3. The Morgan fingerprint density at radius 2 is 1.75 bits per heavy atom. The normalized spacial score (nSPS) is 12.5. The van der Waals surface area contributed by atoms with Gasteiger partial charge in [0.1, 0.15) is 11.5 Å². The van der Waals surface area contributed by atoms with E-state index in [9.17, 15) is 0 Å². The summed E-state index contributed by atoms with van der Waals surface area (Å²) >= 11 is 0. The third-order valence-electron chi connectivity index (χ3n) is 2.27. The summed E-state index contributed by atoms with van der Waals surface area (Å²) in [6, 6.07) is 15.8. The van der Waals surface area contributed by atoms with Crippen LogP contribution in [0.2, 0.25) is 0 Å². The van der Waals surface area contributed by atoms with E-state index in [1.807, 2.05) is 42.5 Å². The van der Waals surface area contributed by atoms with Crippen molar-refractivity contribution < 1.29 is 14.2 Å². The fraction of sp³-hybridized carbons (Fsp3) is 0.0769. The van der Waals surface area contributed by atoms with Gasteiger partial charge < -0.3 is 14.2 Å². The Morgan fingerprint density at radius 1 is 0.938 bits per heavy atom. The quantitative estimate of drug-likeness (QED) is 0.767. The van der Waals surface area contributed by atoms with E-state index in [4.69, 9.17) is 14.2 Å². The Balaban J connectivity index is 1.86. The van der Waals surface area contributed by atoms with Gasteiger partial charge in [0.25, 0.3) is 0 Å². The lowest BCUT2D eigenvalue weighted by Crippen LogP contribution is -1.92. The molecule has 1 aliphatic heterocycles. The van der Waals surface area contributed by atoms with Gasteiger partial charge in [-0.05, 0) is 30.3 Å². The van der Waals surface area contributed by atoms with Gasteiger partial charge in [-0.2, -0.15) is 0 Å². The van der Waals surface area contributed by atoms with Crippen LogP contribution >= 0.6 is 0 Å². The van der Waals surface area contributed by atoms with Crippen molar-refractivity contribution in [1.29, 1.82) is 0 Å². The lowest BCUT2D eigenvalue weighted by molar-refractivity contribution is 0.174. The molecule has 0 fully saturated rings. The van der Waals surface area contributed by atoms with Crippen molar-refractivity contribution in [2.24, 2.45) is 0 Å². The first-order chi connectivity index (χ1) is 7.92. The number of rotatable bonds is 2. The second-order valence-corrected chi connectivity index (χ2v) is 3.35. The van der Waals surface area contributed by atoms with Crippen molar-refractivity contribution in [2.75, 3.05) is 6.79 Å². The summed E-state index contributed by atoms with van der Waals surface area (Å²) in [6.45, 7) is 0.277. The maximum atomic E-state index is 5.65. The molecule has 2 aromatic carbocycles. The SMILES string of the molecule is [c]1ccc(Oc2ccc3c(c2)OCO3)cc1. The molecule has 2 aromatic rings. The highest BCUT2D eigenvalue weighted by Gasteiger charge is 2.13. The standard InChI is InChI=1S/C13H9O3/c1-2-4-10(5-3-1)16-11-6-7-12-13(8-11)15-9-14-12/h2-8H,9H2. The predicted octanol–water partition coefficient (Wildman–Crippen LogP) is 3.01. The van der Waals surface area contributed by atoms with E-state index >= 15 is 0 Å². The van der Waals surface area contributed by atoms with Gasteiger partial charge in [0, 0.05) is 6.07 Å². The molecule has 0 saturated heterocycles. The second kappa shape index (κ2) is 3.77. The van der Waals surface area contributed by atoms with Gasteiger partial charge >= 0.3 is 0 Å². The van der Waals surface area contributed by atoms with Crippen LogP contribution in [0.4, 0.5) is 0 Å². The highest BCUT2D eigenvalue weighted by molar-refractivity contribution is 5.47. The van der Waals surface area contributed by atoms with Crippen molar-refractivity contribution >= 4 is 0 Å². The lowest BCUT2D eigenvalue weighted by atomic mass is 10.3. The van der Waals surface area contributed by atoms with Gasteiger partial charge in [0.2, 0.25) is 6.79 Å². The fourth-order valence-electron chi connectivity index (χ4n) is 1.52. The maximum Gasteiger partial charge on any atom is 0.231 e. The first-order valence-electron chi connectivity index (χ1n) is 4.95. The topological polar surface area (TPSA) is 27.7 Å². The molecule has 3 nitrogen and oxygen atoms in total. The van der Waals surface area contributed by atoms with Crippen LogP contribution in [0, 0.1) is 6.07 Å². The summed E-state index contributed by atoms with van der Waals surface area (Å²) in [5.74, 6) is 2.99. The predicted molar refractivity (Wildman–Crippen MR) is 57.9 cm³/mol. The van der Waals surface area contributed by atoms with Gasteiger partial charge in [-0.1, -0.05) is 12.1 Å². The van der Waals surface area contributed by atoms with Crippen molar-refractivity contribution in [3.05, 3.63) is 48.5 Å². The van der Waals surface area contributed by atoms with Crippen LogP contribution in [0.5, 0.6) is 23.0 Å². The van der Waals surface area contributed by atoms with Gasteiger partial charge in [0.15, 0.2) is 11.5 Å². The van der Waals surface area contributed by atoms with Gasteiger partial charge in [-0.3, -0.25) is 0 Å². The van der Waals surface area contributed by atoms with Crippen LogP contribution in [0.25, 0.3) is 0 Å². The van der Waals surface area contributed by atoms with Crippen molar-refractivity contribution in [1.82, 2.24) is 0 Å². The molecule has 0 saturated carbocycles.